The summed E-state index contributed by atoms with van der Waals surface area (Å²) in [6.07, 6.45) is 2.18. The van der Waals surface area contributed by atoms with E-state index in [-0.39, 0.29) is 52.2 Å². The van der Waals surface area contributed by atoms with Crippen LogP contribution in [-0.2, 0) is 14.3 Å². The lowest BCUT2D eigenvalue weighted by Crippen LogP contribution is -2.48. The van der Waals surface area contributed by atoms with Crippen LogP contribution in [0.4, 0.5) is 14.6 Å². The highest BCUT2D eigenvalue weighted by Gasteiger charge is 2.27. The maximum Gasteiger partial charge on any atom is 0.319 e. The van der Waals surface area contributed by atoms with Crippen LogP contribution in [-0.4, -0.2) is 85.1 Å². The van der Waals surface area contributed by atoms with Gasteiger partial charge < -0.3 is 29.1 Å². The molecule has 1 amide bonds. The van der Waals surface area contributed by atoms with E-state index in [0.29, 0.717) is 51.8 Å². The molecule has 40 heavy (non-hydrogen) atoms. The van der Waals surface area contributed by atoms with Gasteiger partial charge in [-0.1, -0.05) is 31.2 Å². The van der Waals surface area contributed by atoms with Crippen LogP contribution >= 0.6 is 11.6 Å². The van der Waals surface area contributed by atoms with Crippen LogP contribution in [0.5, 0.6) is 11.8 Å². The number of hydrogen-bond donors (Lipinski definition) is 1. The molecule has 1 aromatic heterocycles. The fourth-order valence-corrected chi connectivity index (χ4v) is 4.67. The van der Waals surface area contributed by atoms with Gasteiger partial charge in [-0.05, 0) is 30.7 Å². The Bertz CT molecular complexity index is 1350. The van der Waals surface area contributed by atoms with Gasteiger partial charge in [-0.25, -0.2) is 8.78 Å². The third-order valence-corrected chi connectivity index (χ3v) is 6.63. The van der Waals surface area contributed by atoms with E-state index < -0.39 is 17.4 Å². The van der Waals surface area contributed by atoms with Crippen molar-refractivity contribution in [1.82, 2.24) is 14.9 Å². The predicted molar refractivity (Wildman–Crippen MR) is 148 cm³/mol. The molecule has 1 aliphatic rings. The number of amides is 1. The first-order chi connectivity index (χ1) is 19.3. The second kappa shape index (κ2) is 13.7. The Morgan fingerprint density at radius 1 is 1.07 bits per heavy atom. The number of carbonyl (C=O) groups is 1. The van der Waals surface area contributed by atoms with Crippen molar-refractivity contribution in [3.63, 3.8) is 0 Å². The average molecular weight is 577 g/mol. The molecule has 214 valence electrons. The zero-order valence-corrected chi connectivity index (χ0v) is 22.9. The number of phenols is 1. The van der Waals surface area contributed by atoms with E-state index in [9.17, 15) is 14.3 Å². The zero-order valence-electron chi connectivity index (χ0n) is 22.2. The molecular weight excluding hydrogens is 546 g/mol. The van der Waals surface area contributed by atoms with Crippen LogP contribution in [0.25, 0.3) is 22.0 Å². The van der Waals surface area contributed by atoms with Crippen LogP contribution in [0, 0.1) is 11.6 Å². The van der Waals surface area contributed by atoms with Crippen molar-refractivity contribution in [1.29, 1.82) is 0 Å². The van der Waals surface area contributed by atoms with Crippen LogP contribution < -0.4 is 9.64 Å². The summed E-state index contributed by atoms with van der Waals surface area (Å²) >= 11 is 6.47. The van der Waals surface area contributed by atoms with Crippen molar-refractivity contribution in [2.45, 2.75) is 13.3 Å². The number of halogens is 3. The first-order valence-electron chi connectivity index (χ1n) is 13.0. The summed E-state index contributed by atoms with van der Waals surface area (Å²) < 4.78 is 47.4. The standard InChI is InChI=1S/C28H31ClF2N4O5/c1-3-12-38-13-14-39-15-16-40-28-32-26-18(27(33-28)35-10-8-34(9-11-35)22(37)4-2)17-19(29)23(25(26)31)24-20(30)6-5-7-21(24)36/h4-7,17,36H,2-3,8-16H2,1H3. The van der Waals surface area contributed by atoms with Gasteiger partial charge >= 0.3 is 6.01 Å². The highest BCUT2D eigenvalue weighted by atomic mass is 35.5. The molecule has 1 saturated heterocycles. The maximum atomic E-state index is 16.1. The molecule has 1 fully saturated rings. The topological polar surface area (TPSA) is 97.3 Å². The van der Waals surface area contributed by atoms with E-state index in [1.54, 1.807) is 4.90 Å². The number of aromatic hydroxyl groups is 1. The van der Waals surface area contributed by atoms with Crippen LogP contribution in [0.2, 0.25) is 5.02 Å². The molecule has 0 unspecified atom stereocenters. The second-order valence-corrected chi connectivity index (χ2v) is 9.40. The molecule has 12 heteroatoms. The van der Waals surface area contributed by atoms with Crippen molar-refractivity contribution >= 4 is 34.2 Å². The summed E-state index contributed by atoms with van der Waals surface area (Å²) in [6.45, 7) is 8.99. The van der Waals surface area contributed by atoms with Crippen molar-refractivity contribution < 1.29 is 32.9 Å². The molecule has 0 radical (unpaired) electrons. The number of rotatable bonds is 12. The lowest BCUT2D eigenvalue weighted by molar-refractivity contribution is -0.126. The molecule has 4 rings (SSSR count). The number of fused-ring (bicyclic) bond motifs is 1. The van der Waals surface area contributed by atoms with Gasteiger partial charge in [-0.3, -0.25) is 4.79 Å². The minimum atomic E-state index is -0.929. The van der Waals surface area contributed by atoms with Crippen LogP contribution in [0.15, 0.2) is 36.9 Å². The number of benzene rings is 2. The molecule has 1 N–H and O–H groups in total. The molecule has 2 heterocycles. The summed E-state index contributed by atoms with van der Waals surface area (Å²) in [4.78, 5) is 24.4. The predicted octanol–water partition coefficient (Wildman–Crippen LogP) is 4.59. The Kier molecular flexibility index (Phi) is 10.1. The number of phenolic OH excluding ortho intramolecular Hbond substituents is 1. The second-order valence-electron chi connectivity index (χ2n) is 9.00. The number of nitrogens with zero attached hydrogens (tertiary/aromatic N) is 4. The Morgan fingerprint density at radius 2 is 1.77 bits per heavy atom. The third-order valence-electron chi connectivity index (χ3n) is 6.33. The van der Waals surface area contributed by atoms with E-state index in [2.05, 4.69) is 16.5 Å². The van der Waals surface area contributed by atoms with Gasteiger partial charge in [0.1, 0.15) is 29.5 Å². The van der Waals surface area contributed by atoms with Gasteiger partial charge in [0, 0.05) is 43.7 Å². The lowest BCUT2D eigenvalue weighted by atomic mass is 10.0. The zero-order chi connectivity index (χ0) is 28.6. The largest absolute Gasteiger partial charge is 0.507 e. The summed E-state index contributed by atoms with van der Waals surface area (Å²) in [5.41, 5.74) is -0.845. The Hall–Kier alpha value is -3.54. The van der Waals surface area contributed by atoms with E-state index in [1.807, 2.05) is 11.8 Å². The number of ether oxygens (including phenoxy) is 3. The quantitative estimate of drug-likeness (QED) is 0.247. The average Bonchev–Trinajstić information content (AvgIpc) is 2.95. The van der Waals surface area contributed by atoms with Gasteiger partial charge in [0.05, 0.1) is 30.4 Å². The highest BCUT2D eigenvalue weighted by molar-refractivity contribution is 6.34. The highest BCUT2D eigenvalue weighted by Crippen LogP contribution is 2.42. The minimum Gasteiger partial charge on any atom is -0.507 e. The SMILES string of the molecule is C=CC(=O)N1CCN(c2nc(OCCOCCOCCC)nc3c(F)c(-c4c(O)cccc4F)c(Cl)cc23)CC1. The number of piperazine rings is 1. The normalized spacial score (nSPS) is 13.6. The summed E-state index contributed by atoms with van der Waals surface area (Å²) in [6, 6.07) is 4.99. The molecule has 9 nitrogen and oxygen atoms in total. The molecule has 0 atom stereocenters. The lowest BCUT2D eigenvalue weighted by Gasteiger charge is -2.35. The fourth-order valence-electron chi connectivity index (χ4n) is 4.38. The van der Waals surface area contributed by atoms with Gasteiger partial charge in [-0.15, -0.1) is 0 Å². The van der Waals surface area contributed by atoms with E-state index in [1.165, 1.54) is 24.3 Å². The molecule has 2 aromatic carbocycles. The Labute approximate surface area is 235 Å². The molecule has 1 aliphatic heterocycles. The minimum absolute atomic E-state index is 0.0938. The summed E-state index contributed by atoms with van der Waals surface area (Å²) in [7, 11) is 0. The van der Waals surface area contributed by atoms with Crippen LogP contribution in [0.1, 0.15) is 13.3 Å². The number of hydrogen-bond acceptors (Lipinski definition) is 8. The van der Waals surface area contributed by atoms with E-state index in [4.69, 9.17) is 25.8 Å². The molecule has 0 spiro atoms. The number of aromatic nitrogens is 2. The van der Waals surface area contributed by atoms with Crippen molar-refractivity contribution in [3.8, 4) is 22.9 Å². The number of anilines is 1. The van der Waals surface area contributed by atoms with Gasteiger partial charge in [-0.2, -0.15) is 9.97 Å². The Morgan fingerprint density at radius 3 is 2.45 bits per heavy atom. The smallest absolute Gasteiger partial charge is 0.319 e. The van der Waals surface area contributed by atoms with Crippen molar-refractivity contribution in [2.24, 2.45) is 0 Å². The van der Waals surface area contributed by atoms with Gasteiger partial charge in [0.15, 0.2) is 5.82 Å². The molecule has 3 aromatic rings. The first-order valence-corrected chi connectivity index (χ1v) is 13.4. The van der Waals surface area contributed by atoms with Crippen molar-refractivity contribution in [2.75, 3.05) is 64.1 Å². The summed E-state index contributed by atoms with van der Waals surface area (Å²) in [5.74, 6) is -2.06. The molecule has 0 aliphatic carbocycles. The molecular formula is C28H31ClF2N4O5. The molecule has 0 saturated carbocycles. The van der Waals surface area contributed by atoms with Gasteiger partial charge in [0.2, 0.25) is 5.91 Å². The van der Waals surface area contributed by atoms with Crippen LogP contribution in [0.3, 0.4) is 0 Å². The third kappa shape index (κ3) is 6.60. The fraction of sp³-hybridized carbons (Fsp3) is 0.393. The van der Waals surface area contributed by atoms with E-state index >= 15 is 4.39 Å². The monoisotopic (exact) mass is 576 g/mol. The molecule has 0 bridgehead atoms. The number of carbonyl (C=O) groups excluding carboxylic acids is 1. The summed E-state index contributed by atoms with van der Waals surface area (Å²) in [5, 5.41) is 10.5. The van der Waals surface area contributed by atoms with Crippen molar-refractivity contribution in [3.05, 3.63) is 53.6 Å². The maximum absolute atomic E-state index is 16.1. The van der Waals surface area contributed by atoms with Gasteiger partial charge in [0.25, 0.3) is 0 Å². The Balaban J connectivity index is 1.67. The first kappa shape index (κ1) is 29.4. The van der Waals surface area contributed by atoms with E-state index in [0.717, 1.165) is 12.5 Å².